The molecule has 1 aromatic carbocycles. The Kier molecular flexibility index (Phi) is 5.28. The standard InChI is InChI=1S/C12H17FN2OS/c1-8(17-2)5-6-15-12(16)10-4-3-9(13)7-11(10)14/h3-4,7-8H,5-6,14H2,1-2H3,(H,15,16). The van der Waals surface area contributed by atoms with Crippen LogP contribution in [0.4, 0.5) is 10.1 Å². The maximum absolute atomic E-state index is 12.8. The number of carbonyl (C=O) groups is 1. The van der Waals surface area contributed by atoms with Gasteiger partial charge in [-0.1, -0.05) is 6.92 Å². The van der Waals surface area contributed by atoms with Crippen LogP contribution in [0, 0.1) is 5.82 Å². The number of thioether (sulfide) groups is 1. The van der Waals surface area contributed by atoms with Gasteiger partial charge in [-0.15, -0.1) is 0 Å². The highest BCUT2D eigenvalue weighted by Gasteiger charge is 2.10. The minimum Gasteiger partial charge on any atom is -0.398 e. The van der Waals surface area contributed by atoms with Crippen molar-refractivity contribution >= 4 is 23.4 Å². The van der Waals surface area contributed by atoms with Crippen molar-refractivity contribution in [2.45, 2.75) is 18.6 Å². The van der Waals surface area contributed by atoms with Gasteiger partial charge in [0.15, 0.2) is 0 Å². The molecule has 0 saturated heterocycles. The summed E-state index contributed by atoms with van der Waals surface area (Å²) in [6.45, 7) is 2.70. The number of rotatable bonds is 5. The maximum atomic E-state index is 12.8. The maximum Gasteiger partial charge on any atom is 0.253 e. The molecule has 1 rings (SSSR count). The fourth-order valence-corrected chi connectivity index (χ4v) is 1.70. The van der Waals surface area contributed by atoms with E-state index in [2.05, 4.69) is 12.2 Å². The van der Waals surface area contributed by atoms with Crippen LogP contribution in [0.5, 0.6) is 0 Å². The molecule has 3 nitrogen and oxygen atoms in total. The van der Waals surface area contributed by atoms with Crippen molar-refractivity contribution in [3.63, 3.8) is 0 Å². The van der Waals surface area contributed by atoms with Crippen LogP contribution >= 0.6 is 11.8 Å². The smallest absolute Gasteiger partial charge is 0.253 e. The molecule has 0 bridgehead atoms. The van der Waals surface area contributed by atoms with E-state index in [0.29, 0.717) is 17.4 Å². The van der Waals surface area contributed by atoms with E-state index in [0.717, 1.165) is 12.5 Å². The summed E-state index contributed by atoms with van der Waals surface area (Å²) >= 11 is 1.75. The van der Waals surface area contributed by atoms with Crippen molar-refractivity contribution in [1.29, 1.82) is 0 Å². The third-order valence-electron chi connectivity index (χ3n) is 2.50. The fourth-order valence-electron chi connectivity index (χ4n) is 1.34. The normalized spacial score (nSPS) is 12.2. The van der Waals surface area contributed by atoms with Gasteiger partial charge in [-0.3, -0.25) is 4.79 Å². The number of hydrogen-bond acceptors (Lipinski definition) is 3. The Hall–Kier alpha value is -1.23. The SMILES string of the molecule is CSC(C)CCNC(=O)c1ccc(F)cc1N. The van der Waals surface area contributed by atoms with Gasteiger partial charge in [0.25, 0.3) is 5.91 Å². The molecule has 17 heavy (non-hydrogen) atoms. The van der Waals surface area contributed by atoms with Crippen molar-refractivity contribution in [1.82, 2.24) is 5.32 Å². The van der Waals surface area contributed by atoms with Crippen LogP contribution in [0.15, 0.2) is 18.2 Å². The number of nitrogens with two attached hydrogens (primary N) is 1. The summed E-state index contributed by atoms with van der Waals surface area (Å²) < 4.78 is 12.8. The summed E-state index contributed by atoms with van der Waals surface area (Å²) in [4.78, 5) is 11.7. The molecule has 0 heterocycles. The second kappa shape index (κ2) is 6.49. The van der Waals surface area contributed by atoms with Crippen LogP contribution in [0.25, 0.3) is 0 Å². The Bertz CT molecular complexity index is 398. The Morgan fingerprint density at radius 2 is 2.29 bits per heavy atom. The van der Waals surface area contributed by atoms with Crippen LogP contribution in [0.3, 0.4) is 0 Å². The number of anilines is 1. The van der Waals surface area contributed by atoms with E-state index in [1.54, 1.807) is 11.8 Å². The quantitative estimate of drug-likeness (QED) is 0.795. The lowest BCUT2D eigenvalue weighted by atomic mass is 10.1. The molecule has 0 aliphatic carbocycles. The molecule has 1 atom stereocenters. The van der Waals surface area contributed by atoms with E-state index < -0.39 is 5.82 Å². The number of halogens is 1. The number of carbonyl (C=O) groups excluding carboxylic acids is 1. The summed E-state index contributed by atoms with van der Waals surface area (Å²) in [6, 6.07) is 3.78. The highest BCUT2D eigenvalue weighted by molar-refractivity contribution is 7.99. The molecule has 0 aliphatic heterocycles. The van der Waals surface area contributed by atoms with Gasteiger partial charge in [0.1, 0.15) is 5.82 Å². The van der Waals surface area contributed by atoms with Gasteiger partial charge >= 0.3 is 0 Å². The number of nitrogens with one attached hydrogen (secondary N) is 1. The molecule has 0 spiro atoms. The lowest BCUT2D eigenvalue weighted by molar-refractivity contribution is 0.0954. The summed E-state index contributed by atoms with van der Waals surface area (Å²) in [5, 5.41) is 3.27. The number of hydrogen-bond donors (Lipinski definition) is 2. The molecule has 3 N–H and O–H groups in total. The third kappa shape index (κ3) is 4.26. The van der Waals surface area contributed by atoms with Crippen LogP contribution < -0.4 is 11.1 Å². The molecule has 5 heteroatoms. The zero-order valence-electron chi connectivity index (χ0n) is 10.00. The van der Waals surface area contributed by atoms with E-state index in [4.69, 9.17) is 5.73 Å². The molecule has 0 aliphatic rings. The first kappa shape index (κ1) is 13.8. The minimum absolute atomic E-state index is 0.167. The summed E-state index contributed by atoms with van der Waals surface area (Å²) in [7, 11) is 0. The highest BCUT2D eigenvalue weighted by Crippen LogP contribution is 2.13. The van der Waals surface area contributed by atoms with E-state index >= 15 is 0 Å². The molecule has 0 radical (unpaired) electrons. The molecule has 1 amide bonds. The van der Waals surface area contributed by atoms with Crippen molar-refractivity contribution in [2.24, 2.45) is 0 Å². The predicted molar refractivity (Wildman–Crippen MR) is 70.7 cm³/mol. The van der Waals surface area contributed by atoms with Gasteiger partial charge < -0.3 is 11.1 Å². The second-order valence-electron chi connectivity index (χ2n) is 3.82. The van der Waals surface area contributed by atoms with Crippen LogP contribution in [-0.4, -0.2) is 24.0 Å². The Balaban J connectivity index is 2.52. The topological polar surface area (TPSA) is 55.1 Å². The van der Waals surface area contributed by atoms with Gasteiger partial charge in [0.2, 0.25) is 0 Å². The van der Waals surface area contributed by atoms with Crippen LogP contribution in [0.2, 0.25) is 0 Å². The van der Waals surface area contributed by atoms with Crippen molar-refractivity contribution < 1.29 is 9.18 Å². The van der Waals surface area contributed by atoms with E-state index in [-0.39, 0.29) is 11.6 Å². The molecule has 1 unspecified atom stereocenters. The van der Waals surface area contributed by atoms with Crippen molar-refractivity contribution in [3.8, 4) is 0 Å². The fraction of sp³-hybridized carbons (Fsp3) is 0.417. The number of nitrogen functional groups attached to an aromatic ring is 1. The first-order valence-electron chi connectivity index (χ1n) is 5.40. The Morgan fingerprint density at radius 3 is 2.88 bits per heavy atom. The van der Waals surface area contributed by atoms with Crippen LogP contribution in [-0.2, 0) is 0 Å². The van der Waals surface area contributed by atoms with Gasteiger partial charge in [0, 0.05) is 17.5 Å². The second-order valence-corrected chi connectivity index (χ2v) is 5.10. The molecule has 94 valence electrons. The van der Waals surface area contributed by atoms with Gasteiger partial charge in [-0.2, -0.15) is 11.8 Å². The van der Waals surface area contributed by atoms with E-state index in [1.165, 1.54) is 12.1 Å². The molecular weight excluding hydrogens is 239 g/mol. The Morgan fingerprint density at radius 1 is 1.59 bits per heavy atom. The monoisotopic (exact) mass is 256 g/mol. The molecule has 1 aromatic rings. The summed E-state index contributed by atoms with van der Waals surface area (Å²) in [5.41, 5.74) is 6.06. The lowest BCUT2D eigenvalue weighted by Crippen LogP contribution is -2.26. The molecule has 0 fully saturated rings. The van der Waals surface area contributed by atoms with E-state index in [9.17, 15) is 9.18 Å². The first-order chi connectivity index (χ1) is 8.04. The highest BCUT2D eigenvalue weighted by atomic mass is 32.2. The molecule has 0 aromatic heterocycles. The van der Waals surface area contributed by atoms with Gasteiger partial charge in [-0.25, -0.2) is 4.39 Å². The third-order valence-corrected chi connectivity index (χ3v) is 3.54. The summed E-state index contributed by atoms with van der Waals surface area (Å²) in [5.74, 6) is -0.689. The van der Waals surface area contributed by atoms with Crippen molar-refractivity contribution in [2.75, 3.05) is 18.5 Å². The average molecular weight is 256 g/mol. The van der Waals surface area contributed by atoms with E-state index in [1.807, 2.05) is 6.26 Å². The zero-order valence-corrected chi connectivity index (χ0v) is 10.8. The minimum atomic E-state index is -0.435. The average Bonchev–Trinajstić information content (AvgIpc) is 2.28. The van der Waals surface area contributed by atoms with Gasteiger partial charge in [-0.05, 0) is 30.9 Å². The first-order valence-corrected chi connectivity index (χ1v) is 6.69. The van der Waals surface area contributed by atoms with Crippen LogP contribution in [0.1, 0.15) is 23.7 Å². The van der Waals surface area contributed by atoms with Crippen molar-refractivity contribution in [3.05, 3.63) is 29.6 Å². The predicted octanol–water partition coefficient (Wildman–Crippen LogP) is 2.28. The Labute approximate surface area is 105 Å². The lowest BCUT2D eigenvalue weighted by Gasteiger charge is -2.10. The largest absolute Gasteiger partial charge is 0.398 e. The zero-order chi connectivity index (χ0) is 12.8. The number of amides is 1. The molecule has 0 saturated carbocycles. The molecular formula is C12H17FN2OS. The van der Waals surface area contributed by atoms with Gasteiger partial charge in [0.05, 0.1) is 5.56 Å². The number of benzene rings is 1. The summed E-state index contributed by atoms with van der Waals surface area (Å²) in [6.07, 6.45) is 2.93.